The Kier molecular flexibility index (Phi) is 12.7. The number of carbonyl (C=O) groups excluding carboxylic acids is 3. The van der Waals surface area contributed by atoms with Gasteiger partial charge in [0, 0.05) is 29.4 Å². The smallest absolute Gasteiger partial charge is 0.425 e. The Bertz CT molecular complexity index is 1700. The van der Waals surface area contributed by atoms with Crippen LogP contribution in [0.2, 0.25) is 0 Å². The lowest BCUT2D eigenvalue weighted by molar-refractivity contribution is -0.120. The fraction of sp³-hybridized carbons (Fsp3) is 0.585. The number of fused-ring (bicyclic) bond motifs is 1. The number of nitrogens with zero attached hydrogens (tertiary/aromatic N) is 1. The van der Waals surface area contributed by atoms with E-state index in [4.69, 9.17) is 18.9 Å². The summed E-state index contributed by atoms with van der Waals surface area (Å²) in [6.45, 7) is 15.2. The molecule has 0 radical (unpaired) electrons. The fourth-order valence-electron chi connectivity index (χ4n) is 6.89. The van der Waals surface area contributed by atoms with Gasteiger partial charge in [0.15, 0.2) is 6.23 Å². The number of unbranched alkanes of at least 4 members (excludes halogenated alkanes) is 1. The molecular formula is C41H58N4O8. The Morgan fingerprint density at radius 2 is 1.75 bits per heavy atom. The van der Waals surface area contributed by atoms with Crippen LogP contribution in [0.1, 0.15) is 100 Å². The van der Waals surface area contributed by atoms with Crippen molar-refractivity contribution in [2.75, 3.05) is 11.9 Å². The largest absolute Gasteiger partial charge is 0.496 e. The minimum Gasteiger partial charge on any atom is -0.496 e. The maximum Gasteiger partial charge on any atom is 0.425 e. The number of imide groups is 1. The number of nitrogens with one attached hydrogen (secondary N) is 3. The van der Waals surface area contributed by atoms with E-state index in [1.165, 1.54) is 24.8 Å². The molecule has 53 heavy (non-hydrogen) atoms. The van der Waals surface area contributed by atoms with Gasteiger partial charge in [-0.05, 0) is 103 Å². The molecule has 6 atom stereocenters. The van der Waals surface area contributed by atoms with Gasteiger partial charge in [-0.3, -0.25) is 4.79 Å². The highest BCUT2D eigenvalue weighted by Crippen LogP contribution is 2.33. The predicted molar refractivity (Wildman–Crippen MR) is 203 cm³/mol. The van der Waals surface area contributed by atoms with Crippen LogP contribution in [0.3, 0.4) is 0 Å². The summed E-state index contributed by atoms with van der Waals surface area (Å²) >= 11 is 0. The number of carbonyl (C=O) groups is 3. The van der Waals surface area contributed by atoms with E-state index < -0.39 is 54.0 Å². The minimum absolute atomic E-state index is 0.204. The van der Waals surface area contributed by atoms with E-state index in [1.807, 2.05) is 24.3 Å². The third-order valence-electron chi connectivity index (χ3n) is 9.63. The van der Waals surface area contributed by atoms with Crippen molar-refractivity contribution in [2.45, 2.75) is 142 Å². The summed E-state index contributed by atoms with van der Waals surface area (Å²) < 4.78 is 22.9. The molecule has 1 aromatic rings. The summed E-state index contributed by atoms with van der Waals surface area (Å²) in [6, 6.07) is 4.78. The van der Waals surface area contributed by atoms with E-state index >= 15 is 0 Å². The zero-order valence-corrected chi connectivity index (χ0v) is 32.5. The average Bonchev–Trinajstić information content (AvgIpc) is 3.63. The molecule has 0 bridgehead atoms. The van der Waals surface area contributed by atoms with Gasteiger partial charge >= 0.3 is 12.2 Å². The molecule has 1 fully saturated rings. The van der Waals surface area contributed by atoms with E-state index in [2.05, 4.69) is 35.9 Å². The molecule has 290 valence electrons. The van der Waals surface area contributed by atoms with Crippen molar-refractivity contribution in [1.82, 2.24) is 15.5 Å². The van der Waals surface area contributed by atoms with Crippen LogP contribution in [0, 0.1) is 5.92 Å². The van der Waals surface area contributed by atoms with Crippen LogP contribution in [0.5, 0.6) is 0 Å². The fourth-order valence-corrected chi connectivity index (χ4v) is 6.89. The SMILES string of the molecule is CCCCC(CC)C1=CC=C(C(=O)N[C@@H](C2CC=CO2)[C@@H](O)C2OC2Nc2ccc3c(c2)=CCNC=3N(C(=O)OC(C)(C)C)C(=O)OC(C)(C)C)CC1. The van der Waals surface area contributed by atoms with E-state index in [-0.39, 0.29) is 11.7 Å². The molecule has 3 aliphatic heterocycles. The third kappa shape index (κ3) is 10.4. The zero-order chi connectivity index (χ0) is 38.5. The maximum absolute atomic E-state index is 13.5. The lowest BCUT2D eigenvalue weighted by Crippen LogP contribution is -2.53. The van der Waals surface area contributed by atoms with Crippen LogP contribution in [0.15, 0.2) is 53.8 Å². The Morgan fingerprint density at radius 3 is 2.34 bits per heavy atom. The molecular weight excluding hydrogens is 676 g/mol. The Balaban J connectivity index is 1.29. The molecule has 3 amide bonds. The maximum atomic E-state index is 13.5. The molecule has 1 aromatic carbocycles. The number of ether oxygens (including phenoxy) is 4. The lowest BCUT2D eigenvalue weighted by atomic mass is 9.84. The Morgan fingerprint density at radius 1 is 1.04 bits per heavy atom. The van der Waals surface area contributed by atoms with Crippen LogP contribution in [0.4, 0.5) is 15.3 Å². The van der Waals surface area contributed by atoms with Crippen molar-refractivity contribution in [2.24, 2.45) is 5.92 Å². The number of anilines is 1. The summed E-state index contributed by atoms with van der Waals surface area (Å²) in [7, 11) is 0. The van der Waals surface area contributed by atoms with Gasteiger partial charge in [0.05, 0.1) is 12.3 Å². The summed E-state index contributed by atoms with van der Waals surface area (Å²) in [4.78, 5) is 41.1. The number of allylic oxidation sites excluding steroid dienone is 3. The average molecular weight is 735 g/mol. The summed E-state index contributed by atoms with van der Waals surface area (Å²) in [5, 5.41) is 22.5. The molecule has 4 N–H and O–H groups in total. The molecule has 1 aliphatic carbocycles. The molecule has 1 saturated heterocycles. The summed E-state index contributed by atoms with van der Waals surface area (Å²) in [5.74, 6) is 0.594. The van der Waals surface area contributed by atoms with Crippen molar-refractivity contribution in [3.05, 3.63) is 64.3 Å². The van der Waals surface area contributed by atoms with Gasteiger partial charge in [0.25, 0.3) is 0 Å². The van der Waals surface area contributed by atoms with Crippen LogP contribution < -0.4 is 26.4 Å². The number of hydrogen-bond donors (Lipinski definition) is 4. The molecule has 0 saturated carbocycles. The first-order valence-electron chi connectivity index (χ1n) is 19.0. The van der Waals surface area contributed by atoms with E-state index in [0.717, 1.165) is 23.0 Å². The summed E-state index contributed by atoms with van der Waals surface area (Å²) in [5.41, 5.74) is 1.13. The van der Waals surface area contributed by atoms with Crippen molar-refractivity contribution >= 4 is 35.7 Å². The van der Waals surface area contributed by atoms with E-state index in [0.29, 0.717) is 41.8 Å². The number of hydrogen-bond acceptors (Lipinski definition) is 10. The molecule has 5 rings (SSSR count). The van der Waals surface area contributed by atoms with Gasteiger partial charge in [-0.2, -0.15) is 4.90 Å². The summed E-state index contributed by atoms with van der Waals surface area (Å²) in [6.07, 6.45) is 11.9. The molecule has 12 nitrogen and oxygen atoms in total. The van der Waals surface area contributed by atoms with Gasteiger partial charge in [-0.1, -0.05) is 50.5 Å². The lowest BCUT2D eigenvalue weighted by Gasteiger charge is -2.30. The molecule has 4 unspecified atom stereocenters. The second-order valence-electron chi connectivity index (χ2n) is 16.2. The standard InChI is InChI=1S/C41H58N4O8/c1-9-11-13-25(10-2)26-15-17-27(18-16-26)36(47)44-32(31-14-12-23-50-31)33(46)34-37(51-34)43-29-19-20-30-28(24-29)21-22-42-35(30)45(38(48)52-40(3,4)5)39(49)53-41(6,7)8/h12,15,17,19-21,23-25,31-34,37,42-43,46H,9-11,13-14,16,18,22H2,1-8H3,(H,44,47)/t25?,31?,32-,33+,34?,37?/m0/s1. The Hall–Kier alpha value is -4.29. The first-order chi connectivity index (χ1) is 25.1. The molecule has 3 heterocycles. The van der Waals surface area contributed by atoms with E-state index in [1.54, 1.807) is 59.9 Å². The first-order valence-corrected chi connectivity index (χ1v) is 19.0. The number of benzene rings is 1. The molecule has 4 aliphatic rings. The van der Waals surface area contributed by atoms with Crippen LogP contribution in [0.25, 0.3) is 11.9 Å². The first kappa shape index (κ1) is 39.9. The highest BCUT2D eigenvalue weighted by Gasteiger charge is 2.50. The monoisotopic (exact) mass is 734 g/mol. The van der Waals surface area contributed by atoms with Gasteiger partial charge in [-0.15, -0.1) is 0 Å². The number of aliphatic hydroxyl groups is 1. The van der Waals surface area contributed by atoms with Crippen molar-refractivity contribution in [3.63, 3.8) is 0 Å². The molecule has 0 aromatic heterocycles. The van der Waals surface area contributed by atoms with Crippen LogP contribution in [-0.4, -0.2) is 76.4 Å². The van der Waals surface area contributed by atoms with Crippen LogP contribution in [-0.2, 0) is 23.7 Å². The van der Waals surface area contributed by atoms with Gasteiger partial charge < -0.3 is 40.0 Å². The second-order valence-corrected chi connectivity index (χ2v) is 16.2. The second kappa shape index (κ2) is 16.8. The van der Waals surface area contributed by atoms with Gasteiger partial charge in [0.1, 0.15) is 35.3 Å². The van der Waals surface area contributed by atoms with Crippen LogP contribution >= 0.6 is 0 Å². The van der Waals surface area contributed by atoms with Crippen molar-refractivity contribution in [1.29, 1.82) is 0 Å². The third-order valence-corrected chi connectivity index (χ3v) is 9.63. The zero-order valence-electron chi connectivity index (χ0n) is 32.5. The number of rotatable bonds is 13. The number of aliphatic hydroxyl groups excluding tert-OH is 1. The number of amides is 3. The van der Waals surface area contributed by atoms with Crippen molar-refractivity contribution < 1.29 is 38.4 Å². The topological polar surface area (TPSA) is 151 Å². The predicted octanol–water partition coefficient (Wildman–Crippen LogP) is 5.46. The minimum atomic E-state index is -1.04. The highest BCUT2D eigenvalue weighted by molar-refractivity contribution is 5.96. The van der Waals surface area contributed by atoms with Crippen molar-refractivity contribution in [3.8, 4) is 0 Å². The highest BCUT2D eigenvalue weighted by atomic mass is 16.6. The van der Waals surface area contributed by atoms with Gasteiger partial charge in [-0.25, -0.2) is 9.59 Å². The molecule has 0 spiro atoms. The Labute approximate surface area is 313 Å². The quantitative estimate of drug-likeness (QED) is 0.193. The van der Waals surface area contributed by atoms with Gasteiger partial charge in [0.2, 0.25) is 5.91 Å². The normalized spacial score (nSPS) is 22.4. The van der Waals surface area contributed by atoms with E-state index in [9.17, 15) is 19.5 Å². The molecule has 12 heteroatoms. The number of epoxide rings is 1.